The first kappa shape index (κ1) is 10.8. The average molecular weight is 230 g/mol. The molecule has 17 heavy (non-hydrogen) atoms. The first-order valence-corrected chi connectivity index (χ1v) is 6.26. The molecule has 1 aliphatic rings. The lowest BCUT2D eigenvalue weighted by Crippen LogP contribution is -2.18. The zero-order chi connectivity index (χ0) is 12.0. The molecule has 0 bridgehead atoms. The molecule has 1 aromatic heterocycles. The van der Waals surface area contributed by atoms with Crippen LogP contribution in [0.1, 0.15) is 37.9 Å². The van der Waals surface area contributed by atoms with Gasteiger partial charge in [0.1, 0.15) is 0 Å². The highest BCUT2D eigenvalue weighted by molar-refractivity contribution is 5.80. The maximum Gasteiger partial charge on any atom is 0.167 e. The van der Waals surface area contributed by atoms with Gasteiger partial charge in [0.15, 0.2) is 5.58 Å². The number of rotatable bonds is 3. The van der Waals surface area contributed by atoms with Crippen molar-refractivity contribution in [2.45, 2.75) is 38.6 Å². The van der Waals surface area contributed by atoms with Gasteiger partial charge in [0, 0.05) is 10.9 Å². The monoisotopic (exact) mass is 230 g/mol. The minimum absolute atomic E-state index is 0.0828. The first-order chi connectivity index (χ1) is 8.08. The van der Waals surface area contributed by atoms with Gasteiger partial charge < -0.3 is 10.3 Å². The molecule has 0 radical (unpaired) electrons. The fraction of sp³-hybridized carbons (Fsp3) is 0.500. The molecule has 90 valence electrons. The van der Waals surface area contributed by atoms with Crippen molar-refractivity contribution in [2.24, 2.45) is 11.7 Å². The minimum Gasteiger partial charge on any atom is -0.356 e. The Bertz CT molecular complexity index is 552. The van der Waals surface area contributed by atoms with Crippen LogP contribution in [0.2, 0.25) is 0 Å². The van der Waals surface area contributed by atoms with E-state index in [4.69, 9.17) is 10.3 Å². The lowest BCUT2D eigenvalue weighted by molar-refractivity contribution is 0.439. The molecule has 1 heterocycles. The highest BCUT2D eigenvalue weighted by Gasteiger charge is 2.40. The molecule has 2 aromatic rings. The van der Waals surface area contributed by atoms with Crippen LogP contribution in [0.15, 0.2) is 22.7 Å². The van der Waals surface area contributed by atoms with Gasteiger partial charge in [-0.1, -0.05) is 25.1 Å². The molecule has 2 N–H and O–H groups in total. The first-order valence-electron chi connectivity index (χ1n) is 6.26. The molecule has 0 saturated heterocycles. The van der Waals surface area contributed by atoms with Crippen LogP contribution in [0.3, 0.4) is 0 Å². The summed E-state index contributed by atoms with van der Waals surface area (Å²) in [6.07, 6.45) is 3.13. The third-order valence-corrected chi connectivity index (χ3v) is 3.51. The molecule has 0 spiro atoms. The Morgan fingerprint density at radius 1 is 1.41 bits per heavy atom. The second kappa shape index (κ2) is 3.57. The van der Waals surface area contributed by atoms with Crippen LogP contribution in [0.25, 0.3) is 11.0 Å². The maximum absolute atomic E-state index is 6.23. The molecular weight excluding hydrogens is 212 g/mol. The summed E-state index contributed by atoms with van der Waals surface area (Å²) in [4.78, 5) is 0. The van der Waals surface area contributed by atoms with Gasteiger partial charge in [0.25, 0.3) is 0 Å². The van der Waals surface area contributed by atoms with Crippen LogP contribution in [0.4, 0.5) is 0 Å². The third kappa shape index (κ3) is 1.84. The molecule has 0 aliphatic heterocycles. The van der Waals surface area contributed by atoms with Gasteiger partial charge in [-0.15, -0.1) is 0 Å². The van der Waals surface area contributed by atoms with Gasteiger partial charge >= 0.3 is 0 Å². The summed E-state index contributed by atoms with van der Waals surface area (Å²) in [6.45, 7) is 4.38. The maximum atomic E-state index is 6.23. The Morgan fingerprint density at radius 2 is 2.18 bits per heavy atom. The third-order valence-electron chi connectivity index (χ3n) is 3.51. The van der Waals surface area contributed by atoms with E-state index in [1.807, 2.05) is 6.07 Å². The summed E-state index contributed by atoms with van der Waals surface area (Å²) in [5.41, 5.74) is 9.29. The van der Waals surface area contributed by atoms with Crippen molar-refractivity contribution in [1.82, 2.24) is 5.16 Å². The minimum atomic E-state index is -0.0828. The fourth-order valence-corrected chi connectivity index (χ4v) is 2.26. The van der Waals surface area contributed by atoms with E-state index < -0.39 is 0 Å². The van der Waals surface area contributed by atoms with Crippen LogP contribution in [0.5, 0.6) is 0 Å². The predicted molar refractivity (Wildman–Crippen MR) is 67.7 cm³/mol. The van der Waals surface area contributed by atoms with Gasteiger partial charge in [-0.25, -0.2) is 0 Å². The Hall–Kier alpha value is -1.35. The van der Waals surface area contributed by atoms with Crippen molar-refractivity contribution >= 4 is 11.0 Å². The van der Waals surface area contributed by atoms with E-state index in [0.29, 0.717) is 5.92 Å². The Morgan fingerprint density at radius 3 is 2.82 bits per heavy atom. The quantitative estimate of drug-likeness (QED) is 0.881. The number of hydrogen-bond acceptors (Lipinski definition) is 3. The summed E-state index contributed by atoms with van der Waals surface area (Å²) >= 11 is 0. The highest BCUT2D eigenvalue weighted by atomic mass is 16.5. The number of fused-ring (bicyclic) bond motifs is 1. The molecule has 3 nitrogen and oxygen atoms in total. The zero-order valence-electron chi connectivity index (χ0n) is 10.4. The second-order valence-electron chi connectivity index (χ2n) is 5.59. The molecule has 0 atom stereocenters. The van der Waals surface area contributed by atoms with E-state index in [1.54, 1.807) is 0 Å². The summed E-state index contributed by atoms with van der Waals surface area (Å²) in [7, 11) is 0. The number of aromatic nitrogens is 1. The van der Waals surface area contributed by atoms with E-state index in [2.05, 4.69) is 31.1 Å². The Labute approximate surface area is 101 Å². The predicted octanol–water partition coefficient (Wildman–Crippen LogP) is 2.97. The van der Waals surface area contributed by atoms with Crippen molar-refractivity contribution in [2.75, 3.05) is 0 Å². The van der Waals surface area contributed by atoms with Gasteiger partial charge in [0.2, 0.25) is 0 Å². The van der Waals surface area contributed by atoms with E-state index in [-0.39, 0.29) is 5.54 Å². The van der Waals surface area contributed by atoms with E-state index in [0.717, 1.165) is 35.9 Å². The van der Waals surface area contributed by atoms with Crippen LogP contribution < -0.4 is 5.73 Å². The summed E-state index contributed by atoms with van der Waals surface area (Å²) in [6, 6.07) is 6.23. The average Bonchev–Trinajstić information content (AvgIpc) is 2.91. The topological polar surface area (TPSA) is 52.0 Å². The smallest absolute Gasteiger partial charge is 0.167 e. The summed E-state index contributed by atoms with van der Waals surface area (Å²) in [5.74, 6) is 0.583. The Balaban J connectivity index is 2.06. The largest absolute Gasteiger partial charge is 0.356 e. The summed E-state index contributed by atoms with van der Waals surface area (Å²) < 4.78 is 5.35. The fourth-order valence-electron chi connectivity index (χ4n) is 2.26. The molecular formula is C14H18N2O. The van der Waals surface area contributed by atoms with Crippen molar-refractivity contribution in [1.29, 1.82) is 0 Å². The summed E-state index contributed by atoms with van der Waals surface area (Å²) in [5, 5.41) is 5.30. The van der Waals surface area contributed by atoms with Crippen molar-refractivity contribution in [3.63, 3.8) is 0 Å². The lowest BCUT2D eigenvalue weighted by Gasteiger charge is -2.08. The van der Waals surface area contributed by atoms with Crippen molar-refractivity contribution < 1.29 is 4.52 Å². The molecule has 1 fully saturated rings. The van der Waals surface area contributed by atoms with Crippen LogP contribution >= 0.6 is 0 Å². The van der Waals surface area contributed by atoms with E-state index >= 15 is 0 Å². The van der Waals surface area contributed by atoms with Gasteiger partial charge in [0.05, 0.1) is 5.69 Å². The molecule has 1 aliphatic carbocycles. The van der Waals surface area contributed by atoms with Gasteiger partial charge in [-0.3, -0.25) is 0 Å². The van der Waals surface area contributed by atoms with Gasteiger partial charge in [-0.2, -0.15) is 0 Å². The molecule has 3 heteroatoms. The number of nitrogens with zero attached hydrogens (tertiary/aromatic N) is 1. The standard InChI is InChI=1S/C14H18N2O/c1-9(2)7-12-11-8-10(14(15)5-6-14)3-4-13(11)17-16-12/h3-4,8-9H,5-7,15H2,1-2H3. The number of hydrogen-bond donors (Lipinski definition) is 1. The molecule has 1 aromatic carbocycles. The number of benzene rings is 1. The van der Waals surface area contributed by atoms with E-state index in [1.165, 1.54) is 5.56 Å². The van der Waals surface area contributed by atoms with Gasteiger partial charge in [-0.05, 0) is 42.9 Å². The molecule has 3 rings (SSSR count). The van der Waals surface area contributed by atoms with Crippen LogP contribution in [0, 0.1) is 5.92 Å². The molecule has 0 amide bonds. The van der Waals surface area contributed by atoms with Crippen molar-refractivity contribution in [3.05, 3.63) is 29.5 Å². The van der Waals surface area contributed by atoms with E-state index in [9.17, 15) is 0 Å². The molecule has 0 unspecified atom stereocenters. The highest BCUT2D eigenvalue weighted by Crippen LogP contribution is 2.43. The lowest BCUT2D eigenvalue weighted by atomic mass is 10.0. The zero-order valence-corrected chi connectivity index (χ0v) is 10.4. The second-order valence-corrected chi connectivity index (χ2v) is 5.59. The number of nitrogens with two attached hydrogens (primary N) is 1. The normalized spacial score (nSPS) is 17.9. The van der Waals surface area contributed by atoms with Crippen LogP contribution in [-0.2, 0) is 12.0 Å². The van der Waals surface area contributed by atoms with Crippen molar-refractivity contribution in [3.8, 4) is 0 Å². The SMILES string of the molecule is CC(C)Cc1noc2ccc(C3(N)CC3)cc12. The molecule has 1 saturated carbocycles. The Kier molecular flexibility index (Phi) is 2.26. The van der Waals surface area contributed by atoms with Crippen LogP contribution in [-0.4, -0.2) is 5.16 Å².